The number of methoxy groups -OCH3 is 1. The molecule has 2 nitrogen and oxygen atoms in total. The molecule has 0 aromatic heterocycles. The zero-order chi connectivity index (χ0) is 13.4. The van der Waals surface area contributed by atoms with Crippen LogP contribution in [0.2, 0.25) is 0 Å². The van der Waals surface area contributed by atoms with Gasteiger partial charge in [0.05, 0.1) is 6.61 Å². The standard InChI is InChI=1S/C15H22BrNO/c1-4-13(11-17-7-8-18-3)9-14-6-5-12(2)15(16)10-14/h5-6,9-10,17H,4,7-8,11H2,1-3H3/b13-9-. The second-order valence-electron chi connectivity index (χ2n) is 4.33. The van der Waals surface area contributed by atoms with Crippen molar-refractivity contribution in [3.63, 3.8) is 0 Å². The zero-order valence-corrected chi connectivity index (χ0v) is 13.0. The van der Waals surface area contributed by atoms with Crippen molar-refractivity contribution in [1.82, 2.24) is 5.32 Å². The highest BCUT2D eigenvalue weighted by atomic mass is 79.9. The average Bonchev–Trinajstić information content (AvgIpc) is 2.37. The lowest BCUT2D eigenvalue weighted by atomic mass is 10.1. The van der Waals surface area contributed by atoms with Crippen LogP contribution >= 0.6 is 15.9 Å². The summed E-state index contributed by atoms with van der Waals surface area (Å²) in [6, 6.07) is 6.46. The summed E-state index contributed by atoms with van der Waals surface area (Å²) in [7, 11) is 1.72. The Kier molecular flexibility index (Phi) is 7.25. The van der Waals surface area contributed by atoms with Crippen molar-refractivity contribution in [2.75, 3.05) is 26.8 Å². The Bertz CT molecular complexity index is 401. The van der Waals surface area contributed by atoms with Crippen molar-refractivity contribution in [1.29, 1.82) is 0 Å². The highest BCUT2D eigenvalue weighted by molar-refractivity contribution is 9.10. The van der Waals surface area contributed by atoms with E-state index in [1.54, 1.807) is 7.11 Å². The molecule has 0 amide bonds. The summed E-state index contributed by atoms with van der Waals surface area (Å²) in [6.45, 7) is 6.86. The van der Waals surface area contributed by atoms with Crippen LogP contribution in [-0.4, -0.2) is 26.8 Å². The summed E-state index contributed by atoms with van der Waals surface area (Å²) >= 11 is 3.57. The Morgan fingerprint density at radius 3 is 2.83 bits per heavy atom. The van der Waals surface area contributed by atoms with Crippen molar-refractivity contribution in [3.8, 4) is 0 Å². The van der Waals surface area contributed by atoms with Gasteiger partial charge in [-0.3, -0.25) is 0 Å². The Balaban J connectivity index is 2.62. The quantitative estimate of drug-likeness (QED) is 0.774. The van der Waals surface area contributed by atoms with Crippen LogP contribution in [0.25, 0.3) is 6.08 Å². The third kappa shape index (κ3) is 5.34. The number of benzene rings is 1. The number of halogens is 1. The molecule has 0 heterocycles. The summed E-state index contributed by atoms with van der Waals surface area (Å²) in [5.41, 5.74) is 3.92. The lowest BCUT2D eigenvalue weighted by Gasteiger charge is -2.08. The molecular formula is C15H22BrNO. The molecule has 0 bridgehead atoms. The van der Waals surface area contributed by atoms with Gasteiger partial charge < -0.3 is 10.1 Å². The number of ether oxygens (including phenoxy) is 1. The summed E-state index contributed by atoms with van der Waals surface area (Å²) in [4.78, 5) is 0. The molecule has 100 valence electrons. The molecule has 1 rings (SSSR count). The Hall–Kier alpha value is -0.640. The van der Waals surface area contributed by atoms with Crippen molar-refractivity contribution in [2.45, 2.75) is 20.3 Å². The van der Waals surface area contributed by atoms with E-state index in [9.17, 15) is 0 Å². The largest absolute Gasteiger partial charge is 0.383 e. The van der Waals surface area contributed by atoms with Gasteiger partial charge in [0.15, 0.2) is 0 Å². The number of aryl methyl sites for hydroxylation is 1. The fraction of sp³-hybridized carbons (Fsp3) is 0.467. The first-order chi connectivity index (χ1) is 8.67. The van der Waals surface area contributed by atoms with E-state index in [-0.39, 0.29) is 0 Å². The number of nitrogens with one attached hydrogen (secondary N) is 1. The van der Waals surface area contributed by atoms with E-state index >= 15 is 0 Å². The predicted octanol–water partition coefficient (Wildman–Crippen LogP) is 3.79. The van der Waals surface area contributed by atoms with Gasteiger partial charge in [-0.15, -0.1) is 0 Å². The van der Waals surface area contributed by atoms with Crippen molar-refractivity contribution in [2.24, 2.45) is 0 Å². The molecule has 0 atom stereocenters. The lowest BCUT2D eigenvalue weighted by molar-refractivity contribution is 0.200. The third-order valence-corrected chi connectivity index (χ3v) is 3.71. The van der Waals surface area contributed by atoms with E-state index in [1.165, 1.54) is 21.2 Å². The fourth-order valence-electron chi connectivity index (χ4n) is 1.64. The first kappa shape index (κ1) is 15.4. The van der Waals surface area contributed by atoms with Gasteiger partial charge in [-0.2, -0.15) is 0 Å². The normalized spacial score (nSPS) is 11.9. The molecule has 0 saturated heterocycles. The van der Waals surface area contributed by atoms with Gasteiger partial charge in [0.25, 0.3) is 0 Å². The summed E-state index contributed by atoms with van der Waals surface area (Å²) in [5.74, 6) is 0. The maximum absolute atomic E-state index is 5.02. The van der Waals surface area contributed by atoms with Crippen LogP contribution in [0.15, 0.2) is 28.2 Å². The van der Waals surface area contributed by atoms with Gasteiger partial charge in [-0.25, -0.2) is 0 Å². The first-order valence-corrected chi connectivity index (χ1v) is 7.12. The molecule has 0 aliphatic heterocycles. The maximum atomic E-state index is 5.02. The minimum Gasteiger partial charge on any atom is -0.383 e. The van der Waals surface area contributed by atoms with E-state index in [0.717, 1.165) is 26.1 Å². The lowest BCUT2D eigenvalue weighted by Crippen LogP contribution is -2.21. The first-order valence-electron chi connectivity index (χ1n) is 6.32. The summed E-state index contributed by atoms with van der Waals surface area (Å²) in [5, 5.41) is 3.38. The van der Waals surface area contributed by atoms with Crippen molar-refractivity contribution >= 4 is 22.0 Å². The Morgan fingerprint density at radius 1 is 1.44 bits per heavy atom. The molecule has 0 saturated carbocycles. The van der Waals surface area contributed by atoms with Gasteiger partial charge in [-0.05, 0) is 30.5 Å². The van der Waals surface area contributed by atoms with Crippen LogP contribution in [0.4, 0.5) is 0 Å². The number of hydrogen-bond acceptors (Lipinski definition) is 2. The second kappa shape index (κ2) is 8.46. The van der Waals surface area contributed by atoms with Gasteiger partial charge in [0.2, 0.25) is 0 Å². The molecule has 0 unspecified atom stereocenters. The van der Waals surface area contributed by atoms with E-state index in [0.29, 0.717) is 0 Å². The fourth-order valence-corrected chi connectivity index (χ4v) is 2.03. The van der Waals surface area contributed by atoms with Crippen LogP contribution in [0.5, 0.6) is 0 Å². The minimum absolute atomic E-state index is 0.757. The molecule has 1 aromatic carbocycles. The van der Waals surface area contributed by atoms with E-state index in [2.05, 4.69) is 59.4 Å². The monoisotopic (exact) mass is 311 g/mol. The highest BCUT2D eigenvalue weighted by Crippen LogP contribution is 2.19. The summed E-state index contributed by atoms with van der Waals surface area (Å²) in [6.07, 6.45) is 3.31. The minimum atomic E-state index is 0.757. The molecule has 0 aliphatic carbocycles. The topological polar surface area (TPSA) is 21.3 Å². The zero-order valence-electron chi connectivity index (χ0n) is 11.4. The number of rotatable bonds is 7. The Morgan fingerprint density at radius 2 is 2.22 bits per heavy atom. The Labute approximate surface area is 119 Å². The highest BCUT2D eigenvalue weighted by Gasteiger charge is 1.98. The van der Waals surface area contributed by atoms with Crippen LogP contribution in [0.3, 0.4) is 0 Å². The van der Waals surface area contributed by atoms with Gasteiger partial charge in [-0.1, -0.05) is 46.6 Å². The molecule has 0 spiro atoms. The molecular weight excluding hydrogens is 290 g/mol. The van der Waals surface area contributed by atoms with Gasteiger partial charge in [0.1, 0.15) is 0 Å². The molecule has 0 fully saturated rings. The smallest absolute Gasteiger partial charge is 0.0587 e. The van der Waals surface area contributed by atoms with Crippen LogP contribution in [-0.2, 0) is 4.74 Å². The molecule has 1 aromatic rings. The van der Waals surface area contributed by atoms with Gasteiger partial charge in [0, 0.05) is 24.7 Å². The SMILES string of the molecule is CC/C(=C/c1ccc(C)c(Br)c1)CNCCOC. The molecule has 1 N–H and O–H groups in total. The molecule has 18 heavy (non-hydrogen) atoms. The van der Waals surface area contributed by atoms with E-state index in [1.807, 2.05) is 0 Å². The third-order valence-electron chi connectivity index (χ3n) is 2.86. The van der Waals surface area contributed by atoms with E-state index < -0.39 is 0 Å². The van der Waals surface area contributed by atoms with Crippen LogP contribution in [0.1, 0.15) is 24.5 Å². The molecule has 0 aliphatic rings. The second-order valence-corrected chi connectivity index (χ2v) is 5.19. The van der Waals surface area contributed by atoms with E-state index in [4.69, 9.17) is 4.74 Å². The van der Waals surface area contributed by atoms with Crippen LogP contribution < -0.4 is 5.32 Å². The molecule has 0 radical (unpaired) electrons. The van der Waals surface area contributed by atoms with Crippen LogP contribution in [0, 0.1) is 6.92 Å². The maximum Gasteiger partial charge on any atom is 0.0587 e. The van der Waals surface area contributed by atoms with Crippen molar-refractivity contribution in [3.05, 3.63) is 39.4 Å². The van der Waals surface area contributed by atoms with Gasteiger partial charge >= 0.3 is 0 Å². The predicted molar refractivity (Wildman–Crippen MR) is 81.9 cm³/mol. The molecule has 3 heteroatoms. The van der Waals surface area contributed by atoms with Crippen molar-refractivity contribution < 1.29 is 4.74 Å². The summed E-state index contributed by atoms with van der Waals surface area (Å²) < 4.78 is 6.18. The average molecular weight is 312 g/mol. The number of hydrogen-bond donors (Lipinski definition) is 1.